The summed E-state index contributed by atoms with van der Waals surface area (Å²) in [5.41, 5.74) is 3.63. The lowest BCUT2D eigenvalue weighted by Gasteiger charge is -2.20. The fourth-order valence-corrected chi connectivity index (χ4v) is 2.85. The molecule has 0 aliphatic heterocycles. The predicted octanol–water partition coefficient (Wildman–Crippen LogP) is 4.42. The van der Waals surface area contributed by atoms with Crippen molar-refractivity contribution >= 4 is 29.6 Å². The molecule has 2 N–H and O–H groups in total. The highest BCUT2D eigenvalue weighted by Crippen LogP contribution is 2.15. The summed E-state index contributed by atoms with van der Waals surface area (Å²) < 4.78 is 5.62. The molecule has 1 unspecified atom stereocenters. The molecule has 0 saturated carbocycles. The molecule has 7 heteroatoms. The number of carbonyl (C=O) groups excluding carboxylic acids is 2. The molecule has 0 fully saturated rings. The number of unbranched alkanes of at least 4 members (excludes halogenated alkanes) is 1. The Labute approximate surface area is 182 Å². The highest BCUT2D eigenvalue weighted by molar-refractivity contribution is 6.33. The standard InChI is InChI=1S/C23H28ClN3O3/c1-4-5-14-30-18-12-10-17(11-13-18)15-25-27-23(29)21(16(2)3)26-22(28)19-8-6-7-9-20(19)24/h6-13,15-16,21H,4-5,14H2,1-3H3,(H,26,28)(H,27,29). The number of hydrogen-bond acceptors (Lipinski definition) is 4. The molecule has 0 heterocycles. The first-order chi connectivity index (χ1) is 14.4. The van der Waals surface area contributed by atoms with Gasteiger partial charge in [0.2, 0.25) is 0 Å². The van der Waals surface area contributed by atoms with E-state index in [-0.39, 0.29) is 5.92 Å². The second-order valence-electron chi connectivity index (χ2n) is 7.18. The van der Waals surface area contributed by atoms with Gasteiger partial charge in [0.25, 0.3) is 11.8 Å². The first kappa shape index (κ1) is 23.4. The van der Waals surface area contributed by atoms with Gasteiger partial charge >= 0.3 is 0 Å². The van der Waals surface area contributed by atoms with Crippen LogP contribution in [-0.2, 0) is 4.79 Å². The van der Waals surface area contributed by atoms with Crippen molar-refractivity contribution in [1.82, 2.24) is 10.7 Å². The first-order valence-corrected chi connectivity index (χ1v) is 10.4. The molecule has 2 aromatic carbocycles. The molecule has 2 rings (SSSR count). The number of amides is 2. The van der Waals surface area contributed by atoms with Gasteiger partial charge in [0.05, 0.1) is 23.4 Å². The van der Waals surface area contributed by atoms with Gasteiger partial charge in [-0.2, -0.15) is 5.10 Å². The molecule has 0 spiro atoms. The van der Waals surface area contributed by atoms with Crippen molar-refractivity contribution < 1.29 is 14.3 Å². The topological polar surface area (TPSA) is 79.8 Å². The zero-order chi connectivity index (χ0) is 21.9. The van der Waals surface area contributed by atoms with Gasteiger partial charge in [-0.3, -0.25) is 9.59 Å². The molecule has 6 nitrogen and oxygen atoms in total. The molecule has 0 aromatic heterocycles. The fraction of sp³-hybridized carbons (Fsp3) is 0.348. The van der Waals surface area contributed by atoms with Crippen molar-refractivity contribution in [1.29, 1.82) is 0 Å². The van der Waals surface area contributed by atoms with Crippen LogP contribution in [0, 0.1) is 5.92 Å². The van der Waals surface area contributed by atoms with Crippen molar-refractivity contribution in [3.63, 3.8) is 0 Å². The Morgan fingerprint density at radius 3 is 2.47 bits per heavy atom. The Bertz CT molecular complexity index is 866. The molecule has 2 aromatic rings. The minimum absolute atomic E-state index is 0.133. The smallest absolute Gasteiger partial charge is 0.262 e. The molecule has 160 valence electrons. The van der Waals surface area contributed by atoms with Gasteiger partial charge in [0.1, 0.15) is 11.8 Å². The molecule has 0 saturated heterocycles. The predicted molar refractivity (Wildman–Crippen MR) is 120 cm³/mol. The second-order valence-corrected chi connectivity index (χ2v) is 7.59. The quantitative estimate of drug-likeness (QED) is 0.333. The average molecular weight is 430 g/mol. The third kappa shape index (κ3) is 7.19. The van der Waals surface area contributed by atoms with E-state index in [1.54, 1.807) is 30.5 Å². The summed E-state index contributed by atoms with van der Waals surface area (Å²) in [5.74, 6) is -0.142. The number of halogens is 1. The Morgan fingerprint density at radius 2 is 1.83 bits per heavy atom. The number of rotatable bonds is 10. The molecule has 1 atom stereocenters. The van der Waals surface area contributed by atoms with Crippen molar-refractivity contribution in [2.75, 3.05) is 6.61 Å². The van der Waals surface area contributed by atoms with E-state index in [0.717, 1.165) is 24.2 Å². The van der Waals surface area contributed by atoms with Gasteiger partial charge in [-0.05, 0) is 54.3 Å². The number of carbonyl (C=O) groups is 2. The SMILES string of the molecule is CCCCOc1ccc(C=NNC(=O)C(NC(=O)c2ccccc2Cl)C(C)C)cc1. The maximum absolute atomic E-state index is 12.5. The van der Waals surface area contributed by atoms with Gasteiger partial charge in [-0.25, -0.2) is 5.43 Å². The summed E-state index contributed by atoms with van der Waals surface area (Å²) in [5, 5.41) is 7.06. The molecular weight excluding hydrogens is 402 g/mol. The van der Waals surface area contributed by atoms with Gasteiger partial charge in [0.15, 0.2) is 0 Å². The van der Waals surface area contributed by atoms with E-state index in [0.29, 0.717) is 17.2 Å². The number of benzene rings is 2. The van der Waals surface area contributed by atoms with Crippen LogP contribution in [0.5, 0.6) is 5.75 Å². The first-order valence-electron chi connectivity index (χ1n) is 10.0. The Morgan fingerprint density at radius 1 is 1.13 bits per heavy atom. The molecule has 30 heavy (non-hydrogen) atoms. The van der Waals surface area contributed by atoms with Crippen LogP contribution in [0.2, 0.25) is 5.02 Å². The third-order valence-electron chi connectivity index (χ3n) is 4.39. The summed E-state index contributed by atoms with van der Waals surface area (Å²) in [6.07, 6.45) is 3.64. The Kier molecular flexibility index (Phi) is 9.35. The summed E-state index contributed by atoms with van der Waals surface area (Å²) in [6, 6.07) is 13.4. The second kappa shape index (κ2) is 12.0. The number of hydrazone groups is 1. The van der Waals surface area contributed by atoms with Crippen LogP contribution < -0.4 is 15.5 Å². The minimum atomic E-state index is -0.750. The molecule has 0 bridgehead atoms. The van der Waals surface area contributed by atoms with Crippen LogP contribution in [0.15, 0.2) is 53.6 Å². The average Bonchev–Trinajstić information content (AvgIpc) is 2.73. The minimum Gasteiger partial charge on any atom is -0.494 e. The van der Waals surface area contributed by atoms with Crippen LogP contribution in [0.1, 0.15) is 49.5 Å². The van der Waals surface area contributed by atoms with Gasteiger partial charge in [-0.15, -0.1) is 0 Å². The largest absolute Gasteiger partial charge is 0.494 e. The van der Waals surface area contributed by atoms with E-state index in [1.807, 2.05) is 38.1 Å². The Balaban J connectivity index is 1.93. The van der Waals surface area contributed by atoms with E-state index in [1.165, 1.54) is 0 Å². The normalized spacial score (nSPS) is 12.0. The maximum atomic E-state index is 12.5. The van der Waals surface area contributed by atoms with Gasteiger partial charge < -0.3 is 10.1 Å². The molecule has 0 radical (unpaired) electrons. The summed E-state index contributed by atoms with van der Waals surface area (Å²) in [6.45, 7) is 6.50. The lowest BCUT2D eigenvalue weighted by molar-refractivity contribution is -0.123. The summed E-state index contributed by atoms with van der Waals surface area (Å²) >= 11 is 6.07. The van der Waals surface area contributed by atoms with Crippen molar-refractivity contribution in [2.24, 2.45) is 11.0 Å². The summed E-state index contributed by atoms with van der Waals surface area (Å²) in [4.78, 5) is 25.0. The third-order valence-corrected chi connectivity index (χ3v) is 4.72. The highest BCUT2D eigenvalue weighted by Gasteiger charge is 2.25. The number of hydrogen-bond donors (Lipinski definition) is 2. The Hall–Kier alpha value is -2.86. The molecule has 2 amide bonds. The maximum Gasteiger partial charge on any atom is 0.262 e. The van der Waals surface area contributed by atoms with Crippen LogP contribution in [0.4, 0.5) is 0 Å². The van der Waals surface area contributed by atoms with Crippen LogP contribution in [-0.4, -0.2) is 30.7 Å². The van der Waals surface area contributed by atoms with E-state index < -0.39 is 17.9 Å². The lowest BCUT2D eigenvalue weighted by atomic mass is 10.0. The fourth-order valence-electron chi connectivity index (χ4n) is 2.62. The van der Waals surface area contributed by atoms with Crippen molar-refractivity contribution in [2.45, 2.75) is 39.7 Å². The number of nitrogens with one attached hydrogen (secondary N) is 2. The number of nitrogens with zero attached hydrogens (tertiary/aromatic N) is 1. The van der Waals surface area contributed by atoms with E-state index >= 15 is 0 Å². The van der Waals surface area contributed by atoms with Crippen LogP contribution >= 0.6 is 11.6 Å². The highest BCUT2D eigenvalue weighted by atomic mass is 35.5. The monoisotopic (exact) mass is 429 g/mol. The lowest BCUT2D eigenvalue weighted by Crippen LogP contribution is -2.48. The van der Waals surface area contributed by atoms with E-state index in [4.69, 9.17) is 16.3 Å². The van der Waals surface area contributed by atoms with E-state index in [2.05, 4.69) is 22.8 Å². The molecular formula is C23H28ClN3O3. The van der Waals surface area contributed by atoms with Crippen molar-refractivity contribution in [3.8, 4) is 5.75 Å². The van der Waals surface area contributed by atoms with Crippen LogP contribution in [0.25, 0.3) is 0 Å². The van der Waals surface area contributed by atoms with E-state index in [9.17, 15) is 9.59 Å². The summed E-state index contributed by atoms with van der Waals surface area (Å²) in [7, 11) is 0. The zero-order valence-electron chi connectivity index (χ0n) is 17.5. The van der Waals surface area contributed by atoms with Gasteiger partial charge in [-0.1, -0.05) is 50.9 Å². The zero-order valence-corrected chi connectivity index (χ0v) is 18.3. The molecule has 0 aliphatic rings. The van der Waals surface area contributed by atoms with Crippen LogP contribution in [0.3, 0.4) is 0 Å². The number of ether oxygens (including phenoxy) is 1. The van der Waals surface area contributed by atoms with Crippen molar-refractivity contribution in [3.05, 3.63) is 64.7 Å². The van der Waals surface area contributed by atoms with Gasteiger partial charge in [0, 0.05) is 0 Å². The molecule has 0 aliphatic carbocycles.